The number of hydrogen-bond acceptors (Lipinski definition) is 2. The molecule has 1 heterocycles. The number of benzene rings is 1. The minimum absolute atomic E-state index is 0.00620. The van der Waals surface area contributed by atoms with Crippen LogP contribution in [0.5, 0.6) is 5.75 Å². The van der Waals surface area contributed by atoms with Crippen molar-refractivity contribution in [1.29, 1.82) is 0 Å². The lowest BCUT2D eigenvalue weighted by Gasteiger charge is -2.20. The first-order valence-electron chi connectivity index (χ1n) is 6.10. The fraction of sp³-hybridized carbons (Fsp3) is 0.538. The van der Waals surface area contributed by atoms with Crippen molar-refractivity contribution in [2.45, 2.75) is 31.5 Å². The zero-order chi connectivity index (χ0) is 14.0. The molecule has 106 valence electrons. The normalized spacial score (nSPS) is 16.1. The summed E-state index contributed by atoms with van der Waals surface area (Å²) in [5, 5.41) is 2.95. The molecule has 1 atom stereocenters. The molecule has 1 aliphatic rings. The fourth-order valence-electron chi connectivity index (χ4n) is 2.32. The topological polar surface area (TPSA) is 21.3 Å². The molecule has 0 bridgehead atoms. The van der Waals surface area contributed by atoms with E-state index in [0.29, 0.717) is 6.61 Å². The first-order valence-corrected chi connectivity index (χ1v) is 6.89. The van der Waals surface area contributed by atoms with Crippen LogP contribution in [0.15, 0.2) is 16.6 Å². The van der Waals surface area contributed by atoms with Gasteiger partial charge < -0.3 is 10.1 Å². The zero-order valence-electron chi connectivity index (χ0n) is 10.5. The van der Waals surface area contributed by atoms with Gasteiger partial charge in [0.25, 0.3) is 0 Å². The highest BCUT2D eigenvalue weighted by Gasteiger charge is 2.30. The van der Waals surface area contributed by atoms with Crippen LogP contribution in [-0.4, -0.2) is 19.8 Å². The highest BCUT2D eigenvalue weighted by atomic mass is 79.9. The van der Waals surface area contributed by atoms with Gasteiger partial charge in [0.1, 0.15) is 5.75 Å². The van der Waals surface area contributed by atoms with Crippen molar-refractivity contribution >= 4 is 15.9 Å². The molecule has 0 spiro atoms. The second kappa shape index (κ2) is 5.71. The van der Waals surface area contributed by atoms with Gasteiger partial charge in [0, 0.05) is 28.9 Å². The summed E-state index contributed by atoms with van der Waals surface area (Å²) in [4.78, 5) is 0. The van der Waals surface area contributed by atoms with Gasteiger partial charge in [0.2, 0.25) is 0 Å². The number of hydrogen-bond donors (Lipinski definition) is 1. The Morgan fingerprint density at radius 3 is 2.79 bits per heavy atom. The number of alkyl halides is 3. The van der Waals surface area contributed by atoms with Gasteiger partial charge in [-0.15, -0.1) is 0 Å². The molecule has 0 radical (unpaired) electrons. The summed E-state index contributed by atoms with van der Waals surface area (Å²) in [7, 11) is 1.67. The number of halogens is 4. The van der Waals surface area contributed by atoms with Crippen molar-refractivity contribution in [3.63, 3.8) is 0 Å². The van der Waals surface area contributed by atoms with Crippen molar-refractivity contribution in [2.24, 2.45) is 0 Å². The molecule has 2 rings (SSSR count). The molecule has 6 heteroatoms. The van der Waals surface area contributed by atoms with Gasteiger partial charge in [-0.2, -0.15) is 13.2 Å². The van der Waals surface area contributed by atoms with Crippen LogP contribution < -0.4 is 10.1 Å². The van der Waals surface area contributed by atoms with E-state index in [1.165, 1.54) is 0 Å². The van der Waals surface area contributed by atoms with E-state index in [-0.39, 0.29) is 12.5 Å². The largest absolute Gasteiger partial charge is 0.493 e. The zero-order valence-corrected chi connectivity index (χ0v) is 12.1. The summed E-state index contributed by atoms with van der Waals surface area (Å²) in [5.74, 6) is 0.740. The average Bonchev–Trinajstić information content (AvgIpc) is 2.75. The summed E-state index contributed by atoms with van der Waals surface area (Å²) >= 11 is 3.40. The summed E-state index contributed by atoms with van der Waals surface area (Å²) in [6.07, 6.45) is -4.13. The summed E-state index contributed by atoms with van der Waals surface area (Å²) in [6.45, 7) is 0.592. The quantitative estimate of drug-likeness (QED) is 0.896. The van der Waals surface area contributed by atoms with E-state index in [1.807, 2.05) is 12.1 Å². The van der Waals surface area contributed by atoms with E-state index in [0.717, 1.165) is 27.8 Å². The van der Waals surface area contributed by atoms with E-state index in [4.69, 9.17) is 4.74 Å². The minimum Gasteiger partial charge on any atom is -0.493 e. The third-order valence-electron chi connectivity index (χ3n) is 3.22. The van der Waals surface area contributed by atoms with Crippen LogP contribution in [0.1, 0.15) is 30.0 Å². The highest BCUT2D eigenvalue weighted by molar-refractivity contribution is 9.10. The molecule has 1 N–H and O–H groups in total. The Morgan fingerprint density at radius 2 is 2.16 bits per heavy atom. The monoisotopic (exact) mass is 337 g/mol. The van der Waals surface area contributed by atoms with E-state index in [9.17, 15) is 13.2 Å². The first-order chi connectivity index (χ1) is 8.90. The molecule has 0 amide bonds. The van der Waals surface area contributed by atoms with Gasteiger partial charge in [-0.3, -0.25) is 0 Å². The molecule has 1 unspecified atom stereocenters. The summed E-state index contributed by atoms with van der Waals surface area (Å²) in [6, 6.07) is 3.44. The maximum atomic E-state index is 12.4. The molecule has 2 nitrogen and oxygen atoms in total. The second-order valence-corrected chi connectivity index (χ2v) is 5.49. The Hall–Kier alpha value is -0.750. The number of nitrogens with one attached hydrogen (secondary N) is 1. The molecule has 0 saturated carbocycles. The number of rotatable bonds is 4. The Labute approximate surface area is 118 Å². The lowest BCUT2D eigenvalue weighted by Crippen LogP contribution is -2.20. The molecule has 1 aromatic carbocycles. The van der Waals surface area contributed by atoms with Crippen molar-refractivity contribution < 1.29 is 17.9 Å². The van der Waals surface area contributed by atoms with Crippen LogP contribution in [0.3, 0.4) is 0 Å². The van der Waals surface area contributed by atoms with Crippen molar-refractivity contribution in [1.82, 2.24) is 5.32 Å². The third kappa shape index (κ3) is 3.63. The third-order valence-corrected chi connectivity index (χ3v) is 3.68. The molecule has 0 fully saturated rings. The van der Waals surface area contributed by atoms with Gasteiger partial charge in [0.15, 0.2) is 0 Å². The Kier molecular flexibility index (Phi) is 4.40. The summed E-state index contributed by atoms with van der Waals surface area (Å²) < 4.78 is 43.5. The summed E-state index contributed by atoms with van der Waals surface area (Å²) in [5.41, 5.74) is 1.85. The van der Waals surface area contributed by atoms with Crippen LogP contribution >= 0.6 is 15.9 Å². The van der Waals surface area contributed by atoms with Crippen molar-refractivity contribution in [3.05, 3.63) is 27.7 Å². The van der Waals surface area contributed by atoms with E-state index < -0.39 is 12.6 Å². The fourth-order valence-corrected chi connectivity index (χ4v) is 2.84. The van der Waals surface area contributed by atoms with Crippen LogP contribution in [0.4, 0.5) is 13.2 Å². The maximum Gasteiger partial charge on any atom is 0.389 e. The Bertz CT molecular complexity index is 462. The van der Waals surface area contributed by atoms with Crippen molar-refractivity contribution in [3.8, 4) is 5.75 Å². The average molecular weight is 338 g/mol. The SMILES string of the molecule is CNC(CCC(F)(F)F)c1cc(Br)cc2c1OCC2. The lowest BCUT2D eigenvalue weighted by molar-refractivity contribution is -0.136. The number of ether oxygens (including phenoxy) is 1. The van der Waals surface area contributed by atoms with Gasteiger partial charge in [0.05, 0.1) is 6.61 Å². The van der Waals surface area contributed by atoms with Crippen molar-refractivity contribution in [2.75, 3.05) is 13.7 Å². The minimum atomic E-state index is -4.13. The first kappa shape index (κ1) is 14.7. The molecular formula is C13H15BrF3NO. The molecule has 0 aromatic heterocycles. The van der Waals surface area contributed by atoms with E-state index >= 15 is 0 Å². The molecule has 19 heavy (non-hydrogen) atoms. The van der Waals surface area contributed by atoms with Crippen LogP contribution in [0.2, 0.25) is 0 Å². The molecule has 0 aliphatic carbocycles. The molecule has 0 saturated heterocycles. The standard InChI is InChI=1S/C13H15BrF3NO/c1-18-11(2-4-13(15,16)17)10-7-9(14)6-8-3-5-19-12(8)10/h6-7,11,18H,2-5H2,1H3. The number of fused-ring (bicyclic) bond motifs is 1. The Morgan fingerprint density at radius 1 is 1.42 bits per heavy atom. The van der Waals surface area contributed by atoms with E-state index in [2.05, 4.69) is 21.2 Å². The predicted molar refractivity (Wildman–Crippen MR) is 70.4 cm³/mol. The smallest absolute Gasteiger partial charge is 0.389 e. The Balaban J connectivity index is 2.23. The lowest BCUT2D eigenvalue weighted by atomic mass is 9.98. The van der Waals surface area contributed by atoms with Gasteiger partial charge in [-0.1, -0.05) is 15.9 Å². The predicted octanol–water partition coefficient (Wildman–Crippen LogP) is 3.99. The van der Waals surface area contributed by atoms with Gasteiger partial charge >= 0.3 is 6.18 Å². The van der Waals surface area contributed by atoms with Crippen LogP contribution in [0.25, 0.3) is 0 Å². The van der Waals surface area contributed by atoms with Gasteiger partial charge in [-0.05, 0) is 31.2 Å². The molecule has 1 aliphatic heterocycles. The second-order valence-electron chi connectivity index (χ2n) is 4.58. The van der Waals surface area contributed by atoms with Crippen LogP contribution in [-0.2, 0) is 6.42 Å². The van der Waals surface area contributed by atoms with Crippen LogP contribution in [0, 0.1) is 0 Å². The molecule has 1 aromatic rings. The van der Waals surface area contributed by atoms with E-state index in [1.54, 1.807) is 7.05 Å². The maximum absolute atomic E-state index is 12.4. The molecular weight excluding hydrogens is 323 g/mol. The highest BCUT2D eigenvalue weighted by Crippen LogP contribution is 2.38. The van der Waals surface area contributed by atoms with Gasteiger partial charge in [-0.25, -0.2) is 0 Å².